The van der Waals surface area contributed by atoms with Crippen LogP contribution in [0.4, 0.5) is 5.82 Å². The van der Waals surface area contributed by atoms with E-state index in [0.29, 0.717) is 11.7 Å². The lowest BCUT2D eigenvalue weighted by Crippen LogP contribution is -2.06. The molecular formula is C11H16BrN3. The van der Waals surface area contributed by atoms with Crippen LogP contribution in [-0.2, 0) is 0 Å². The number of aromatic nitrogens is 2. The van der Waals surface area contributed by atoms with Crippen LogP contribution in [0, 0.1) is 0 Å². The Balaban J connectivity index is 2.16. The van der Waals surface area contributed by atoms with E-state index in [2.05, 4.69) is 25.9 Å². The van der Waals surface area contributed by atoms with E-state index < -0.39 is 0 Å². The minimum Gasteiger partial charge on any atom is -0.383 e. The van der Waals surface area contributed by atoms with Crippen LogP contribution in [0.2, 0.25) is 0 Å². The van der Waals surface area contributed by atoms with Crippen molar-refractivity contribution in [2.24, 2.45) is 0 Å². The Morgan fingerprint density at radius 1 is 1.20 bits per heavy atom. The third kappa shape index (κ3) is 2.68. The third-order valence-electron chi connectivity index (χ3n) is 3.01. The number of rotatable bonds is 1. The van der Waals surface area contributed by atoms with Crippen molar-refractivity contribution in [3.8, 4) is 0 Å². The van der Waals surface area contributed by atoms with Gasteiger partial charge in [-0.05, 0) is 28.8 Å². The number of anilines is 1. The number of hydrogen-bond donors (Lipinski definition) is 1. The van der Waals surface area contributed by atoms with E-state index in [1.54, 1.807) is 6.20 Å². The summed E-state index contributed by atoms with van der Waals surface area (Å²) in [4.78, 5) is 8.72. The lowest BCUT2D eigenvalue weighted by atomic mass is 9.99. The van der Waals surface area contributed by atoms with Gasteiger partial charge in [-0.1, -0.05) is 25.7 Å². The van der Waals surface area contributed by atoms with Crippen LogP contribution in [0.15, 0.2) is 10.7 Å². The van der Waals surface area contributed by atoms with Gasteiger partial charge in [-0.3, -0.25) is 0 Å². The predicted molar refractivity (Wildman–Crippen MR) is 64.6 cm³/mol. The molecule has 0 aliphatic heterocycles. The van der Waals surface area contributed by atoms with Crippen LogP contribution >= 0.6 is 15.9 Å². The highest BCUT2D eigenvalue weighted by Crippen LogP contribution is 2.30. The molecule has 15 heavy (non-hydrogen) atoms. The average Bonchev–Trinajstić information content (AvgIpc) is 2.50. The molecule has 0 radical (unpaired) electrons. The van der Waals surface area contributed by atoms with Crippen molar-refractivity contribution < 1.29 is 0 Å². The molecule has 1 aromatic rings. The first-order chi connectivity index (χ1) is 7.27. The molecule has 1 saturated carbocycles. The molecule has 0 aromatic carbocycles. The molecular weight excluding hydrogens is 254 g/mol. The molecule has 1 aliphatic carbocycles. The second-order valence-electron chi connectivity index (χ2n) is 4.15. The Kier molecular flexibility index (Phi) is 3.57. The fourth-order valence-electron chi connectivity index (χ4n) is 2.13. The molecule has 2 N–H and O–H groups in total. The monoisotopic (exact) mass is 269 g/mol. The molecule has 4 heteroatoms. The molecule has 0 amide bonds. The molecule has 1 fully saturated rings. The van der Waals surface area contributed by atoms with E-state index in [-0.39, 0.29) is 0 Å². The minimum atomic E-state index is 0.517. The highest BCUT2D eigenvalue weighted by atomic mass is 79.9. The van der Waals surface area contributed by atoms with Gasteiger partial charge in [0.05, 0.1) is 4.47 Å². The molecule has 0 saturated heterocycles. The Morgan fingerprint density at radius 3 is 2.47 bits per heavy atom. The summed E-state index contributed by atoms with van der Waals surface area (Å²) in [6, 6.07) is 0. The van der Waals surface area contributed by atoms with E-state index in [4.69, 9.17) is 5.73 Å². The Hall–Kier alpha value is -0.640. The van der Waals surface area contributed by atoms with Gasteiger partial charge in [0, 0.05) is 12.1 Å². The van der Waals surface area contributed by atoms with Crippen LogP contribution in [0.1, 0.15) is 50.3 Å². The van der Waals surface area contributed by atoms with Gasteiger partial charge in [0.25, 0.3) is 0 Å². The van der Waals surface area contributed by atoms with E-state index in [1.807, 2.05) is 0 Å². The SMILES string of the molecule is Nc1nc(C2CCCCCC2)ncc1Br. The molecule has 0 unspecified atom stereocenters. The highest BCUT2D eigenvalue weighted by Gasteiger charge is 2.17. The number of nitrogen functional groups attached to an aromatic ring is 1. The van der Waals surface area contributed by atoms with Crippen molar-refractivity contribution in [2.75, 3.05) is 5.73 Å². The van der Waals surface area contributed by atoms with Crippen molar-refractivity contribution in [2.45, 2.75) is 44.4 Å². The summed E-state index contributed by atoms with van der Waals surface area (Å²) in [5.41, 5.74) is 5.77. The van der Waals surface area contributed by atoms with Gasteiger partial charge in [-0.2, -0.15) is 0 Å². The zero-order chi connectivity index (χ0) is 10.7. The maximum absolute atomic E-state index is 5.77. The number of nitrogens with zero attached hydrogens (tertiary/aromatic N) is 2. The summed E-state index contributed by atoms with van der Waals surface area (Å²) in [5.74, 6) is 2.00. The molecule has 3 nitrogen and oxygen atoms in total. The first-order valence-corrected chi connectivity index (χ1v) is 6.34. The second-order valence-corrected chi connectivity index (χ2v) is 5.00. The zero-order valence-electron chi connectivity index (χ0n) is 8.75. The molecule has 82 valence electrons. The summed E-state index contributed by atoms with van der Waals surface area (Å²) >= 11 is 3.32. The van der Waals surface area contributed by atoms with Crippen LogP contribution in [-0.4, -0.2) is 9.97 Å². The lowest BCUT2D eigenvalue weighted by Gasteiger charge is -2.12. The predicted octanol–water partition coefficient (Wildman–Crippen LogP) is 3.26. The van der Waals surface area contributed by atoms with Crippen molar-refractivity contribution in [3.05, 3.63) is 16.5 Å². The maximum Gasteiger partial charge on any atom is 0.141 e. The molecule has 0 spiro atoms. The first kappa shape index (κ1) is 10.9. The van der Waals surface area contributed by atoms with E-state index in [9.17, 15) is 0 Å². The minimum absolute atomic E-state index is 0.517. The van der Waals surface area contributed by atoms with E-state index >= 15 is 0 Å². The quantitative estimate of drug-likeness (QED) is 0.797. The van der Waals surface area contributed by atoms with Crippen molar-refractivity contribution in [1.82, 2.24) is 9.97 Å². The fraction of sp³-hybridized carbons (Fsp3) is 0.636. The molecule has 1 aromatic heterocycles. The van der Waals surface area contributed by atoms with Gasteiger partial charge in [0.15, 0.2) is 0 Å². The Labute approximate surface area is 98.6 Å². The molecule has 0 atom stereocenters. The van der Waals surface area contributed by atoms with Crippen LogP contribution < -0.4 is 5.73 Å². The van der Waals surface area contributed by atoms with E-state index in [1.165, 1.54) is 38.5 Å². The normalized spacial score (nSPS) is 18.7. The largest absolute Gasteiger partial charge is 0.383 e. The summed E-state index contributed by atoms with van der Waals surface area (Å²) in [7, 11) is 0. The van der Waals surface area contributed by atoms with Gasteiger partial charge in [-0.15, -0.1) is 0 Å². The second kappa shape index (κ2) is 4.92. The first-order valence-electron chi connectivity index (χ1n) is 5.55. The van der Waals surface area contributed by atoms with Crippen molar-refractivity contribution in [3.63, 3.8) is 0 Å². The standard InChI is InChI=1S/C11H16BrN3/c12-9-7-14-11(15-10(9)13)8-5-3-1-2-4-6-8/h7-8H,1-6H2,(H2,13,14,15). The van der Waals surface area contributed by atoms with Crippen LogP contribution in [0.5, 0.6) is 0 Å². The molecule has 0 bridgehead atoms. The van der Waals surface area contributed by atoms with Crippen molar-refractivity contribution >= 4 is 21.7 Å². The molecule has 2 rings (SSSR count). The highest BCUT2D eigenvalue weighted by molar-refractivity contribution is 9.10. The third-order valence-corrected chi connectivity index (χ3v) is 3.62. The smallest absolute Gasteiger partial charge is 0.141 e. The van der Waals surface area contributed by atoms with Crippen LogP contribution in [0.3, 0.4) is 0 Å². The number of hydrogen-bond acceptors (Lipinski definition) is 3. The van der Waals surface area contributed by atoms with Crippen LogP contribution in [0.25, 0.3) is 0 Å². The fourth-order valence-corrected chi connectivity index (χ4v) is 2.32. The Bertz CT molecular complexity index is 333. The lowest BCUT2D eigenvalue weighted by molar-refractivity contribution is 0.561. The van der Waals surface area contributed by atoms with Crippen molar-refractivity contribution in [1.29, 1.82) is 0 Å². The average molecular weight is 270 g/mol. The zero-order valence-corrected chi connectivity index (χ0v) is 10.3. The van der Waals surface area contributed by atoms with Gasteiger partial charge in [-0.25, -0.2) is 9.97 Å². The van der Waals surface area contributed by atoms with Gasteiger partial charge >= 0.3 is 0 Å². The maximum atomic E-state index is 5.77. The van der Waals surface area contributed by atoms with Gasteiger partial charge in [0.1, 0.15) is 11.6 Å². The number of nitrogens with two attached hydrogens (primary N) is 1. The molecule has 1 heterocycles. The summed E-state index contributed by atoms with van der Waals surface area (Å²) in [6.07, 6.45) is 9.48. The van der Waals surface area contributed by atoms with Gasteiger partial charge < -0.3 is 5.73 Å². The number of halogens is 1. The summed E-state index contributed by atoms with van der Waals surface area (Å²) in [5, 5.41) is 0. The Morgan fingerprint density at radius 2 is 1.87 bits per heavy atom. The van der Waals surface area contributed by atoms with Gasteiger partial charge in [0.2, 0.25) is 0 Å². The summed E-state index contributed by atoms with van der Waals surface area (Å²) < 4.78 is 0.792. The molecule has 1 aliphatic rings. The summed E-state index contributed by atoms with van der Waals surface area (Å²) in [6.45, 7) is 0. The topological polar surface area (TPSA) is 51.8 Å². The van der Waals surface area contributed by atoms with E-state index in [0.717, 1.165) is 10.3 Å².